The van der Waals surface area contributed by atoms with Gasteiger partial charge in [0.25, 0.3) is 5.91 Å². The van der Waals surface area contributed by atoms with Gasteiger partial charge in [0.1, 0.15) is 6.26 Å². The first-order valence-corrected chi connectivity index (χ1v) is 9.05. The molecule has 6 heteroatoms. The van der Waals surface area contributed by atoms with Gasteiger partial charge in [0.2, 0.25) is 5.91 Å². The van der Waals surface area contributed by atoms with Crippen molar-refractivity contribution in [3.8, 4) is 0 Å². The maximum atomic E-state index is 12.3. The van der Waals surface area contributed by atoms with Crippen molar-refractivity contribution in [1.82, 2.24) is 15.1 Å². The largest absolute Gasteiger partial charge is 0.472 e. The van der Waals surface area contributed by atoms with Crippen molar-refractivity contribution in [2.45, 2.75) is 32.1 Å². The van der Waals surface area contributed by atoms with Crippen LogP contribution in [0.4, 0.5) is 0 Å². The Morgan fingerprint density at radius 3 is 2.54 bits per heavy atom. The van der Waals surface area contributed by atoms with Crippen LogP contribution in [0.25, 0.3) is 0 Å². The van der Waals surface area contributed by atoms with Gasteiger partial charge >= 0.3 is 0 Å². The molecule has 2 fully saturated rings. The van der Waals surface area contributed by atoms with E-state index in [1.807, 2.05) is 4.90 Å². The Balaban J connectivity index is 1.36. The average molecular weight is 333 g/mol. The molecule has 2 aliphatic rings. The standard InChI is InChI=1S/C18H27N3O3/c22-17(19-7-12-20-8-2-1-3-9-20)15-4-10-21(11-5-15)18(23)16-6-13-24-14-16/h6,13-15H,1-5,7-12H2,(H,19,22). The molecule has 0 saturated carbocycles. The zero-order valence-electron chi connectivity index (χ0n) is 14.2. The summed E-state index contributed by atoms with van der Waals surface area (Å²) in [5, 5.41) is 3.07. The number of rotatable bonds is 5. The Morgan fingerprint density at radius 2 is 1.88 bits per heavy atom. The van der Waals surface area contributed by atoms with Gasteiger partial charge in [0, 0.05) is 32.1 Å². The molecule has 0 radical (unpaired) electrons. The van der Waals surface area contributed by atoms with Gasteiger partial charge in [-0.15, -0.1) is 0 Å². The molecule has 0 spiro atoms. The number of nitrogens with one attached hydrogen (secondary N) is 1. The number of hydrogen-bond acceptors (Lipinski definition) is 4. The van der Waals surface area contributed by atoms with E-state index in [9.17, 15) is 9.59 Å². The summed E-state index contributed by atoms with van der Waals surface area (Å²) >= 11 is 0. The van der Waals surface area contributed by atoms with Gasteiger partial charge in [-0.05, 0) is 44.8 Å². The Bertz CT molecular complexity index is 530. The summed E-state index contributed by atoms with van der Waals surface area (Å²) in [4.78, 5) is 28.8. The van der Waals surface area contributed by atoms with Crippen LogP contribution in [0.5, 0.6) is 0 Å². The molecule has 2 amide bonds. The minimum atomic E-state index is -0.00675. The number of piperidine rings is 2. The second kappa shape index (κ2) is 8.33. The van der Waals surface area contributed by atoms with E-state index in [0.29, 0.717) is 18.7 Å². The summed E-state index contributed by atoms with van der Waals surface area (Å²) in [7, 11) is 0. The smallest absolute Gasteiger partial charge is 0.257 e. The molecule has 3 rings (SSSR count). The van der Waals surface area contributed by atoms with Crippen molar-refractivity contribution in [1.29, 1.82) is 0 Å². The third-order valence-corrected chi connectivity index (χ3v) is 5.10. The van der Waals surface area contributed by atoms with Crippen molar-refractivity contribution in [2.75, 3.05) is 39.3 Å². The van der Waals surface area contributed by atoms with Crippen LogP contribution >= 0.6 is 0 Å². The van der Waals surface area contributed by atoms with Gasteiger partial charge < -0.3 is 19.5 Å². The SMILES string of the molecule is O=C(NCCN1CCCCC1)C1CCN(C(=O)c2ccoc2)CC1. The molecule has 0 aromatic carbocycles. The monoisotopic (exact) mass is 333 g/mol. The van der Waals surface area contributed by atoms with Gasteiger partial charge in [-0.25, -0.2) is 0 Å². The molecule has 6 nitrogen and oxygen atoms in total. The van der Waals surface area contributed by atoms with Crippen molar-refractivity contribution in [3.05, 3.63) is 24.2 Å². The first-order valence-electron chi connectivity index (χ1n) is 9.05. The van der Waals surface area contributed by atoms with E-state index < -0.39 is 0 Å². The molecule has 1 aromatic rings. The molecule has 0 aliphatic carbocycles. The van der Waals surface area contributed by atoms with E-state index in [-0.39, 0.29) is 17.7 Å². The number of hydrogen-bond donors (Lipinski definition) is 1. The molecule has 2 aliphatic heterocycles. The van der Waals surface area contributed by atoms with E-state index in [1.165, 1.54) is 31.8 Å². The average Bonchev–Trinajstić information content (AvgIpc) is 3.17. The third-order valence-electron chi connectivity index (χ3n) is 5.10. The molecule has 0 atom stereocenters. The third kappa shape index (κ3) is 4.38. The number of likely N-dealkylation sites (tertiary alicyclic amines) is 2. The summed E-state index contributed by atoms with van der Waals surface area (Å²) in [6.07, 6.45) is 8.34. The first kappa shape index (κ1) is 17.0. The predicted molar refractivity (Wildman–Crippen MR) is 90.6 cm³/mol. The van der Waals surface area contributed by atoms with Gasteiger partial charge in [0.05, 0.1) is 11.8 Å². The topological polar surface area (TPSA) is 65.8 Å². The maximum Gasteiger partial charge on any atom is 0.257 e. The van der Waals surface area contributed by atoms with E-state index >= 15 is 0 Å². The van der Waals surface area contributed by atoms with Crippen LogP contribution in [0.2, 0.25) is 0 Å². The zero-order valence-corrected chi connectivity index (χ0v) is 14.2. The highest BCUT2D eigenvalue weighted by Crippen LogP contribution is 2.19. The molecule has 1 N–H and O–H groups in total. The molecule has 0 bridgehead atoms. The lowest BCUT2D eigenvalue weighted by Gasteiger charge is -2.31. The number of furan rings is 1. The Kier molecular flexibility index (Phi) is 5.91. The Morgan fingerprint density at radius 1 is 1.12 bits per heavy atom. The number of carbonyl (C=O) groups excluding carboxylic acids is 2. The number of carbonyl (C=O) groups is 2. The van der Waals surface area contributed by atoms with Crippen LogP contribution < -0.4 is 5.32 Å². The lowest BCUT2D eigenvalue weighted by atomic mass is 9.95. The summed E-state index contributed by atoms with van der Waals surface area (Å²) < 4.78 is 4.96. The number of nitrogens with zero attached hydrogens (tertiary/aromatic N) is 2. The van der Waals surface area contributed by atoms with E-state index in [2.05, 4.69) is 10.2 Å². The zero-order chi connectivity index (χ0) is 16.8. The molecule has 1 aromatic heterocycles. The molecular weight excluding hydrogens is 306 g/mol. The van der Waals surface area contributed by atoms with E-state index in [4.69, 9.17) is 4.42 Å². The second-order valence-electron chi connectivity index (χ2n) is 6.77. The highest BCUT2D eigenvalue weighted by atomic mass is 16.3. The summed E-state index contributed by atoms with van der Waals surface area (Å²) in [5.41, 5.74) is 0.583. The van der Waals surface area contributed by atoms with Gasteiger partial charge in [-0.2, -0.15) is 0 Å². The Hall–Kier alpha value is -1.82. The van der Waals surface area contributed by atoms with Crippen LogP contribution in [0.15, 0.2) is 23.0 Å². The Labute approximate surface area is 143 Å². The normalized spacial score (nSPS) is 20.1. The molecule has 132 valence electrons. The first-order chi connectivity index (χ1) is 11.7. The fraction of sp³-hybridized carbons (Fsp3) is 0.667. The van der Waals surface area contributed by atoms with Crippen LogP contribution in [-0.4, -0.2) is 60.9 Å². The van der Waals surface area contributed by atoms with E-state index in [0.717, 1.165) is 39.0 Å². The van der Waals surface area contributed by atoms with Crippen molar-refractivity contribution in [3.63, 3.8) is 0 Å². The quantitative estimate of drug-likeness (QED) is 0.891. The summed E-state index contributed by atoms with van der Waals surface area (Å²) in [5.74, 6) is 0.162. The molecule has 0 unspecified atom stereocenters. The minimum absolute atomic E-state index is 0.00675. The highest BCUT2D eigenvalue weighted by molar-refractivity contribution is 5.94. The lowest BCUT2D eigenvalue weighted by molar-refractivity contribution is -0.126. The maximum absolute atomic E-state index is 12.3. The molecular formula is C18H27N3O3. The number of amides is 2. The van der Waals surface area contributed by atoms with Crippen LogP contribution in [0, 0.1) is 5.92 Å². The van der Waals surface area contributed by atoms with Crippen molar-refractivity contribution >= 4 is 11.8 Å². The molecule has 3 heterocycles. The summed E-state index contributed by atoms with van der Waals surface area (Å²) in [6, 6.07) is 1.68. The lowest BCUT2D eigenvalue weighted by Crippen LogP contribution is -2.44. The second-order valence-corrected chi connectivity index (χ2v) is 6.77. The summed E-state index contributed by atoms with van der Waals surface area (Å²) in [6.45, 7) is 5.26. The fourth-order valence-corrected chi connectivity index (χ4v) is 3.58. The predicted octanol–water partition coefficient (Wildman–Crippen LogP) is 1.73. The highest BCUT2D eigenvalue weighted by Gasteiger charge is 2.28. The van der Waals surface area contributed by atoms with Crippen LogP contribution in [0.3, 0.4) is 0 Å². The van der Waals surface area contributed by atoms with Gasteiger partial charge in [-0.3, -0.25) is 9.59 Å². The van der Waals surface area contributed by atoms with Crippen LogP contribution in [-0.2, 0) is 4.79 Å². The van der Waals surface area contributed by atoms with Crippen LogP contribution in [0.1, 0.15) is 42.5 Å². The molecule has 24 heavy (non-hydrogen) atoms. The van der Waals surface area contributed by atoms with Gasteiger partial charge in [0.15, 0.2) is 0 Å². The van der Waals surface area contributed by atoms with Crippen molar-refractivity contribution < 1.29 is 14.0 Å². The van der Waals surface area contributed by atoms with E-state index in [1.54, 1.807) is 6.07 Å². The minimum Gasteiger partial charge on any atom is -0.472 e. The fourth-order valence-electron chi connectivity index (χ4n) is 3.58. The van der Waals surface area contributed by atoms with Gasteiger partial charge in [-0.1, -0.05) is 6.42 Å². The van der Waals surface area contributed by atoms with Crippen molar-refractivity contribution in [2.24, 2.45) is 5.92 Å². The molecule has 2 saturated heterocycles.